The zero-order valence-electron chi connectivity index (χ0n) is 15.2. The molecule has 11 heteroatoms. The molecular weight excluding hydrogens is 379 g/mol. The normalized spacial score (nSPS) is 11.5. The van der Waals surface area contributed by atoms with Gasteiger partial charge in [-0.05, 0) is 25.1 Å². The Hall–Kier alpha value is -3.37. The number of carbonyl (C=O) groups is 1. The monoisotopic (exact) mass is 395 g/mol. The highest BCUT2D eigenvalue weighted by Gasteiger charge is 2.36. The third-order valence-corrected chi connectivity index (χ3v) is 3.77. The zero-order chi connectivity index (χ0) is 20.5. The molecule has 2 heterocycles. The third-order valence-electron chi connectivity index (χ3n) is 3.77. The number of carbonyl (C=O) groups excluding carboxylic acids is 1. The molecule has 3 aromatic rings. The predicted octanol–water partition coefficient (Wildman–Crippen LogP) is 3.03. The lowest BCUT2D eigenvalue weighted by atomic mass is 10.2. The minimum Gasteiger partial charge on any atom is -0.497 e. The number of hydrogen-bond acceptors (Lipinski definition) is 7. The van der Waals surface area contributed by atoms with Crippen molar-refractivity contribution >= 4 is 28.4 Å². The van der Waals surface area contributed by atoms with Crippen molar-refractivity contribution in [2.75, 3.05) is 30.9 Å². The van der Waals surface area contributed by atoms with Crippen LogP contribution in [0.5, 0.6) is 5.75 Å². The number of fused-ring (bicyclic) bond motifs is 1. The molecule has 0 bridgehead atoms. The number of rotatable bonds is 5. The van der Waals surface area contributed by atoms with E-state index < -0.39 is 17.9 Å². The quantitative estimate of drug-likeness (QED) is 0.710. The average Bonchev–Trinajstić information content (AvgIpc) is 3.03. The number of halogens is 3. The van der Waals surface area contributed by atoms with Gasteiger partial charge in [-0.1, -0.05) is 5.16 Å². The fourth-order valence-electron chi connectivity index (χ4n) is 2.53. The average molecular weight is 395 g/mol. The number of likely N-dealkylation sites (N-methyl/N-ethyl adjacent to an activating group) is 1. The molecule has 148 valence electrons. The van der Waals surface area contributed by atoms with Crippen LogP contribution in [0.15, 0.2) is 28.8 Å². The van der Waals surface area contributed by atoms with Gasteiger partial charge in [0.25, 0.3) is 0 Å². The number of hydrogen-bond donors (Lipinski definition) is 1. The summed E-state index contributed by atoms with van der Waals surface area (Å²) in [5.74, 6) is -0.706. The number of aryl methyl sites for hydroxylation is 1. The van der Waals surface area contributed by atoms with Crippen molar-refractivity contribution in [2.24, 2.45) is 0 Å². The highest BCUT2D eigenvalue weighted by molar-refractivity contribution is 5.96. The van der Waals surface area contributed by atoms with Crippen LogP contribution in [-0.2, 0) is 11.0 Å². The van der Waals surface area contributed by atoms with Gasteiger partial charge in [-0.3, -0.25) is 4.79 Å². The van der Waals surface area contributed by atoms with Gasteiger partial charge in [0.1, 0.15) is 17.3 Å². The first-order valence-corrected chi connectivity index (χ1v) is 8.04. The molecule has 3 rings (SSSR count). The second kappa shape index (κ2) is 7.33. The predicted molar refractivity (Wildman–Crippen MR) is 94.2 cm³/mol. The van der Waals surface area contributed by atoms with Gasteiger partial charge in [-0.25, -0.2) is 9.97 Å². The Bertz CT molecular complexity index is 1020. The lowest BCUT2D eigenvalue weighted by Gasteiger charge is -2.20. The van der Waals surface area contributed by atoms with Gasteiger partial charge in [0.05, 0.1) is 19.2 Å². The number of anilines is 2. The van der Waals surface area contributed by atoms with E-state index in [-0.39, 0.29) is 23.7 Å². The fraction of sp³-hybridized carbons (Fsp3) is 0.294. The number of benzene rings is 1. The van der Waals surface area contributed by atoms with Crippen LogP contribution < -0.4 is 15.0 Å². The first-order valence-electron chi connectivity index (χ1n) is 8.04. The molecule has 0 fully saturated rings. The highest BCUT2D eigenvalue weighted by atomic mass is 19.4. The molecule has 0 aliphatic carbocycles. The van der Waals surface area contributed by atoms with Crippen LogP contribution in [0.1, 0.15) is 11.6 Å². The Morgan fingerprint density at radius 2 is 2.04 bits per heavy atom. The Morgan fingerprint density at radius 3 is 2.64 bits per heavy atom. The molecule has 1 amide bonds. The van der Waals surface area contributed by atoms with E-state index in [1.807, 2.05) is 0 Å². The van der Waals surface area contributed by atoms with Crippen molar-refractivity contribution in [2.45, 2.75) is 13.1 Å². The van der Waals surface area contributed by atoms with Gasteiger partial charge in [-0.2, -0.15) is 13.2 Å². The SMILES string of the molecule is COc1ccc2nc(C(F)(F)F)nc(N(C)CC(=O)Nc3cc(C)on3)c2c1. The number of ether oxygens (including phenoxy) is 1. The van der Waals surface area contributed by atoms with E-state index in [0.29, 0.717) is 16.9 Å². The van der Waals surface area contributed by atoms with Gasteiger partial charge < -0.3 is 19.5 Å². The summed E-state index contributed by atoms with van der Waals surface area (Å²) < 4.78 is 49.5. The van der Waals surface area contributed by atoms with Crippen LogP contribution in [-0.4, -0.2) is 41.7 Å². The molecule has 0 saturated heterocycles. The van der Waals surface area contributed by atoms with E-state index in [4.69, 9.17) is 9.26 Å². The van der Waals surface area contributed by atoms with E-state index in [0.717, 1.165) is 0 Å². The van der Waals surface area contributed by atoms with Crippen molar-refractivity contribution in [3.05, 3.63) is 35.9 Å². The van der Waals surface area contributed by atoms with E-state index in [1.165, 1.54) is 43.3 Å². The van der Waals surface area contributed by atoms with E-state index >= 15 is 0 Å². The lowest BCUT2D eigenvalue weighted by Crippen LogP contribution is -2.31. The summed E-state index contributed by atoms with van der Waals surface area (Å²) in [6.45, 7) is 1.39. The molecule has 1 N–H and O–H groups in total. The largest absolute Gasteiger partial charge is 0.497 e. The van der Waals surface area contributed by atoms with Crippen LogP contribution in [0.4, 0.5) is 24.8 Å². The topological polar surface area (TPSA) is 93.4 Å². The molecule has 1 aromatic carbocycles. The van der Waals surface area contributed by atoms with Gasteiger partial charge in [-0.15, -0.1) is 0 Å². The number of alkyl halides is 3. The second-order valence-corrected chi connectivity index (χ2v) is 5.98. The van der Waals surface area contributed by atoms with Crippen molar-refractivity contribution < 1.29 is 27.2 Å². The summed E-state index contributed by atoms with van der Waals surface area (Å²) in [7, 11) is 2.89. The van der Waals surface area contributed by atoms with Crippen LogP contribution in [0, 0.1) is 6.92 Å². The summed E-state index contributed by atoms with van der Waals surface area (Å²) in [6.07, 6.45) is -4.73. The standard InChI is InChI=1S/C17H16F3N5O3/c1-9-6-13(24-28-9)22-14(26)8-25(2)15-11-7-10(27-3)4-5-12(11)21-16(23-15)17(18,19)20/h4-7H,8H2,1-3H3,(H,22,24,26). The Labute approximate surface area is 157 Å². The molecule has 2 aromatic heterocycles. The third kappa shape index (κ3) is 4.13. The van der Waals surface area contributed by atoms with Gasteiger partial charge >= 0.3 is 6.18 Å². The van der Waals surface area contributed by atoms with Crippen molar-refractivity contribution in [3.8, 4) is 5.75 Å². The summed E-state index contributed by atoms with van der Waals surface area (Å²) >= 11 is 0. The van der Waals surface area contributed by atoms with E-state index in [9.17, 15) is 18.0 Å². The molecule has 0 unspecified atom stereocenters. The molecule has 8 nitrogen and oxygen atoms in total. The summed E-state index contributed by atoms with van der Waals surface area (Å²) in [5, 5.41) is 6.46. The summed E-state index contributed by atoms with van der Waals surface area (Å²) in [4.78, 5) is 20.7. The van der Waals surface area contributed by atoms with Crippen molar-refractivity contribution in [1.29, 1.82) is 0 Å². The smallest absolute Gasteiger partial charge is 0.451 e. The van der Waals surface area contributed by atoms with E-state index in [1.54, 1.807) is 6.92 Å². The Morgan fingerprint density at radius 1 is 1.29 bits per heavy atom. The van der Waals surface area contributed by atoms with E-state index in [2.05, 4.69) is 20.4 Å². The maximum absolute atomic E-state index is 13.2. The first-order chi connectivity index (χ1) is 13.2. The second-order valence-electron chi connectivity index (χ2n) is 5.98. The van der Waals surface area contributed by atoms with Crippen LogP contribution in [0.25, 0.3) is 10.9 Å². The van der Waals surface area contributed by atoms with Crippen molar-refractivity contribution in [3.63, 3.8) is 0 Å². The minimum absolute atomic E-state index is 0.0530. The lowest BCUT2D eigenvalue weighted by molar-refractivity contribution is -0.144. The Kier molecular flexibility index (Phi) is 5.08. The Balaban J connectivity index is 1.95. The first kappa shape index (κ1) is 19.4. The molecule has 0 spiro atoms. The van der Waals surface area contributed by atoms with Gasteiger partial charge in [0, 0.05) is 18.5 Å². The minimum atomic E-state index is -4.73. The maximum Gasteiger partial charge on any atom is 0.451 e. The molecular formula is C17H16F3N5O3. The molecule has 0 saturated carbocycles. The van der Waals surface area contributed by atoms with Crippen LogP contribution in [0.3, 0.4) is 0 Å². The fourth-order valence-corrected chi connectivity index (χ4v) is 2.53. The summed E-state index contributed by atoms with van der Waals surface area (Å²) in [6, 6.07) is 5.93. The number of methoxy groups -OCH3 is 1. The van der Waals surface area contributed by atoms with Crippen LogP contribution in [0.2, 0.25) is 0 Å². The number of nitrogens with zero attached hydrogens (tertiary/aromatic N) is 4. The van der Waals surface area contributed by atoms with Gasteiger partial charge in [0.15, 0.2) is 5.82 Å². The number of aromatic nitrogens is 3. The highest BCUT2D eigenvalue weighted by Crippen LogP contribution is 2.33. The molecule has 0 radical (unpaired) electrons. The summed E-state index contributed by atoms with van der Waals surface area (Å²) in [5.41, 5.74) is 0.0810. The molecule has 0 atom stereocenters. The van der Waals surface area contributed by atoms with Crippen LogP contribution >= 0.6 is 0 Å². The number of amides is 1. The molecule has 0 aliphatic rings. The molecule has 0 aliphatic heterocycles. The molecule has 28 heavy (non-hydrogen) atoms. The number of nitrogens with one attached hydrogen (secondary N) is 1. The van der Waals surface area contributed by atoms with Crippen molar-refractivity contribution in [1.82, 2.24) is 15.1 Å². The van der Waals surface area contributed by atoms with Gasteiger partial charge in [0.2, 0.25) is 11.7 Å². The maximum atomic E-state index is 13.2. The zero-order valence-corrected chi connectivity index (χ0v) is 15.2.